The van der Waals surface area contributed by atoms with Crippen LogP contribution < -0.4 is 4.74 Å². The van der Waals surface area contributed by atoms with E-state index in [1.807, 2.05) is 42.5 Å². The van der Waals surface area contributed by atoms with Gasteiger partial charge in [0, 0.05) is 0 Å². The summed E-state index contributed by atoms with van der Waals surface area (Å²) >= 11 is 0. The molecule has 4 nitrogen and oxygen atoms in total. The number of rotatable bonds is 8. The van der Waals surface area contributed by atoms with E-state index in [0.717, 1.165) is 6.42 Å². The lowest BCUT2D eigenvalue weighted by Gasteiger charge is -2.12. The highest BCUT2D eigenvalue weighted by Crippen LogP contribution is 2.15. The molecule has 2 aromatic carbocycles. The molecule has 122 valence electrons. The Hall–Kier alpha value is -2.33. The second-order valence-corrected chi connectivity index (χ2v) is 5.28. The Balaban J connectivity index is 1.79. The van der Waals surface area contributed by atoms with Crippen LogP contribution in [0, 0.1) is 0 Å². The van der Waals surface area contributed by atoms with E-state index in [2.05, 4.69) is 12.1 Å². The Kier molecular flexibility index (Phi) is 6.63. The van der Waals surface area contributed by atoms with Gasteiger partial charge in [-0.1, -0.05) is 42.5 Å². The van der Waals surface area contributed by atoms with Crippen LogP contribution in [0.25, 0.3) is 0 Å². The maximum Gasteiger partial charge on any atom is 0.308 e. The van der Waals surface area contributed by atoms with E-state index >= 15 is 0 Å². The zero-order valence-corrected chi connectivity index (χ0v) is 13.3. The Morgan fingerprint density at radius 2 is 1.70 bits per heavy atom. The van der Waals surface area contributed by atoms with Crippen LogP contribution in [0.3, 0.4) is 0 Å². The van der Waals surface area contributed by atoms with Crippen molar-refractivity contribution in [3.63, 3.8) is 0 Å². The molecule has 4 heteroatoms. The summed E-state index contributed by atoms with van der Waals surface area (Å²) < 4.78 is 10.3. The topological polar surface area (TPSA) is 55.8 Å². The molecule has 0 aromatic heterocycles. The second-order valence-electron chi connectivity index (χ2n) is 5.28. The minimum Gasteiger partial charge on any atom is -0.491 e. The highest BCUT2D eigenvalue weighted by molar-refractivity contribution is 5.69. The van der Waals surface area contributed by atoms with E-state index in [0.29, 0.717) is 12.4 Å². The summed E-state index contributed by atoms with van der Waals surface area (Å²) in [7, 11) is 0. The van der Waals surface area contributed by atoms with Gasteiger partial charge in [0.15, 0.2) is 0 Å². The molecule has 0 spiro atoms. The maximum absolute atomic E-state index is 11.2. The van der Waals surface area contributed by atoms with Gasteiger partial charge in [0.05, 0.1) is 19.1 Å². The Morgan fingerprint density at radius 3 is 2.35 bits per heavy atom. The van der Waals surface area contributed by atoms with Crippen molar-refractivity contribution in [1.82, 2.24) is 0 Å². The van der Waals surface area contributed by atoms with E-state index in [1.54, 1.807) is 6.92 Å². The number of esters is 1. The number of hydrogen-bond acceptors (Lipinski definition) is 4. The molecule has 2 rings (SSSR count). The number of carbonyl (C=O) groups is 1. The first-order valence-electron chi connectivity index (χ1n) is 7.76. The number of aliphatic hydroxyl groups is 1. The zero-order chi connectivity index (χ0) is 16.5. The van der Waals surface area contributed by atoms with Gasteiger partial charge in [-0.15, -0.1) is 0 Å². The number of carbonyl (C=O) groups excluding carboxylic acids is 1. The van der Waals surface area contributed by atoms with Crippen molar-refractivity contribution >= 4 is 5.97 Å². The average molecular weight is 314 g/mol. The number of hydrogen-bond donors (Lipinski definition) is 1. The molecule has 0 saturated heterocycles. The lowest BCUT2D eigenvalue weighted by molar-refractivity contribution is -0.145. The fourth-order valence-electron chi connectivity index (χ4n) is 2.20. The van der Waals surface area contributed by atoms with E-state index in [1.165, 1.54) is 11.1 Å². The molecule has 0 aliphatic heterocycles. The molecule has 0 aliphatic rings. The molecular weight excluding hydrogens is 292 g/mol. The molecule has 0 unspecified atom stereocenters. The first-order valence-corrected chi connectivity index (χ1v) is 7.76. The molecule has 23 heavy (non-hydrogen) atoms. The van der Waals surface area contributed by atoms with Gasteiger partial charge in [0.25, 0.3) is 0 Å². The van der Waals surface area contributed by atoms with Crippen LogP contribution in [0.2, 0.25) is 0 Å². The summed E-state index contributed by atoms with van der Waals surface area (Å²) in [4.78, 5) is 11.2. The monoisotopic (exact) mass is 314 g/mol. The number of aliphatic hydroxyl groups excluding tert-OH is 1. The summed E-state index contributed by atoms with van der Waals surface area (Å²) in [5, 5.41) is 9.73. The predicted octanol–water partition coefficient (Wildman–Crippen LogP) is 2.97. The van der Waals surface area contributed by atoms with Crippen LogP contribution in [0.15, 0.2) is 54.6 Å². The largest absolute Gasteiger partial charge is 0.491 e. The van der Waals surface area contributed by atoms with Gasteiger partial charge < -0.3 is 14.6 Å². The number of ether oxygens (including phenoxy) is 2. The lowest BCUT2D eigenvalue weighted by atomic mass is 10.1. The minimum absolute atomic E-state index is 0.0556. The summed E-state index contributed by atoms with van der Waals surface area (Å²) in [6, 6.07) is 18.0. The first-order chi connectivity index (χ1) is 11.2. The summed E-state index contributed by atoms with van der Waals surface area (Å²) in [6.07, 6.45) is -0.0509. The second kappa shape index (κ2) is 8.96. The van der Waals surface area contributed by atoms with Crippen molar-refractivity contribution in [3.05, 3.63) is 65.7 Å². The van der Waals surface area contributed by atoms with Crippen molar-refractivity contribution in [2.45, 2.75) is 25.9 Å². The maximum atomic E-state index is 11.2. The van der Waals surface area contributed by atoms with E-state index in [-0.39, 0.29) is 13.0 Å². The number of benzene rings is 2. The van der Waals surface area contributed by atoms with Gasteiger partial charge in [-0.05, 0) is 36.6 Å². The fraction of sp³-hybridized carbons (Fsp3) is 0.316. The van der Waals surface area contributed by atoms with Gasteiger partial charge in [-0.2, -0.15) is 0 Å². The summed E-state index contributed by atoms with van der Waals surface area (Å²) in [5.74, 6) is 0.256. The first kappa shape index (κ1) is 17.0. The molecule has 0 heterocycles. The molecule has 1 N–H and O–H groups in total. The molecule has 0 saturated carbocycles. The third kappa shape index (κ3) is 6.12. The summed E-state index contributed by atoms with van der Waals surface area (Å²) in [6.45, 7) is 2.11. The molecule has 0 radical (unpaired) electrons. The van der Waals surface area contributed by atoms with Gasteiger partial charge in [-0.3, -0.25) is 4.79 Å². The Bertz CT molecular complexity index is 593. The van der Waals surface area contributed by atoms with E-state index in [4.69, 9.17) is 9.47 Å². The average Bonchev–Trinajstić information content (AvgIpc) is 2.55. The zero-order valence-electron chi connectivity index (χ0n) is 13.3. The van der Waals surface area contributed by atoms with Gasteiger partial charge in [0.1, 0.15) is 12.4 Å². The fourth-order valence-corrected chi connectivity index (χ4v) is 2.20. The normalized spacial score (nSPS) is 11.7. The van der Waals surface area contributed by atoms with E-state index in [9.17, 15) is 9.90 Å². The van der Waals surface area contributed by atoms with Crippen molar-refractivity contribution in [2.24, 2.45) is 0 Å². The van der Waals surface area contributed by atoms with Crippen LogP contribution in [0.4, 0.5) is 0 Å². The highest BCUT2D eigenvalue weighted by atomic mass is 16.5. The van der Waals surface area contributed by atoms with Gasteiger partial charge in [0.2, 0.25) is 0 Å². The van der Waals surface area contributed by atoms with Crippen LogP contribution >= 0.6 is 0 Å². The Labute approximate surface area is 136 Å². The van der Waals surface area contributed by atoms with Gasteiger partial charge in [-0.25, -0.2) is 0 Å². The van der Waals surface area contributed by atoms with Gasteiger partial charge >= 0.3 is 5.97 Å². The molecule has 0 fully saturated rings. The van der Waals surface area contributed by atoms with Crippen LogP contribution in [-0.2, 0) is 16.0 Å². The van der Waals surface area contributed by atoms with Crippen molar-refractivity contribution in [2.75, 3.05) is 13.2 Å². The van der Waals surface area contributed by atoms with E-state index < -0.39 is 12.1 Å². The molecule has 0 bridgehead atoms. The van der Waals surface area contributed by atoms with Crippen LogP contribution in [0.5, 0.6) is 5.75 Å². The quantitative estimate of drug-likeness (QED) is 0.761. The predicted molar refractivity (Wildman–Crippen MR) is 88.4 cm³/mol. The van der Waals surface area contributed by atoms with Crippen molar-refractivity contribution in [1.29, 1.82) is 0 Å². The van der Waals surface area contributed by atoms with Crippen molar-refractivity contribution in [3.8, 4) is 5.75 Å². The van der Waals surface area contributed by atoms with Crippen LogP contribution in [-0.4, -0.2) is 30.4 Å². The minimum atomic E-state index is -0.863. The highest BCUT2D eigenvalue weighted by Gasteiger charge is 2.12. The smallest absolute Gasteiger partial charge is 0.308 e. The molecule has 2 aromatic rings. The summed E-state index contributed by atoms with van der Waals surface area (Å²) in [5.41, 5.74) is 2.45. The van der Waals surface area contributed by atoms with Crippen LogP contribution in [0.1, 0.15) is 24.5 Å². The third-order valence-corrected chi connectivity index (χ3v) is 3.32. The lowest BCUT2D eigenvalue weighted by Crippen LogP contribution is -2.22. The standard InChI is InChI=1S/C19H22O4/c1-2-22-19(21)13-17(20)14-23-18-10-8-16(9-11-18)12-15-6-4-3-5-7-15/h3-11,17,20H,2,12-14H2,1H3/t17-/m0/s1. The molecule has 0 aliphatic carbocycles. The Morgan fingerprint density at radius 1 is 1.04 bits per heavy atom. The van der Waals surface area contributed by atoms with Crippen molar-refractivity contribution < 1.29 is 19.4 Å². The SMILES string of the molecule is CCOC(=O)C[C@H](O)COc1ccc(Cc2ccccc2)cc1. The molecule has 0 amide bonds. The molecular formula is C19H22O4. The third-order valence-electron chi connectivity index (χ3n) is 3.32. The molecule has 1 atom stereocenters.